The molecule has 0 aromatic rings. The van der Waals surface area contributed by atoms with Gasteiger partial charge in [0.15, 0.2) is 9.84 Å². The molecule has 29 heavy (non-hydrogen) atoms. The maximum absolute atomic E-state index is 13.5. The summed E-state index contributed by atoms with van der Waals surface area (Å²) in [6, 6.07) is -1.01. The van der Waals surface area contributed by atoms with Crippen molar-refractivity contribution in [2.75, 3.05) is 7.05 Å². The first-order valence-corrected chi connectivity index (χ1v) is 12.1. The highest BCUT2D eigenvalue weighted by molar-refractivity contribution is 7.93. The van der Waals surface area contributed by atoms with E-state index in [2.05, 4.69) is 5.32 Å². The Bertz CT molecular complexity index is 818. The Kier molecular flexibility index (Phi) is 5.51. The summed E-state index contributed by atoms with van der Waals surface area (Å²) < 4.78 is 24.3. The van der Waals surface area contributed by atoms with Crippen LogP contribution in [0.5, 0.6) is 0 Å². The second-order valence-corrected chi connectivity index (χ2v) is 12.0. The quantitative estimate of drug-likeness (QED) is 0.664. The van der Waals surface area contributed by atoms with Gasteiger partial charge in [0.05, 0.1) is 11.2 Å². The number of sulfone groups is 1. The van der Waals surface area contributed by atoms with Gasteiger partial charge in [-0.1, -0.05) is 26.2 Å². The molecule has 0 bridgehead atoms. The number of fused-ring (bicyclic) bond motifs is 1. The molecule has 0 radical (unpaired) electrons. The van der Waals surface area contributed by atoms with Crippen LogP contribution in [0.4, 0.5) is 0 Å². The van der Waals surface area contributed by atoms with Crippen LogP contribution < -0.4 is 5.32 Å². The van der Waals surface area contributed by atoms with Gasteiger partial charge in [0, 0.05) is 13.1 Å². The van der Waals surface area contributed by atoms with E-state index in [1.165, 1.54) is 37.1 Å². The molecule has 164 valence electrons. The fraction of sp³-hybridized carbons (Fsp3) is 0.850. The molecular weight excluding hydrogens is 394 g/mol. The van der Waals surface area contributed by atoms with Gasteiger partial charge in [0.25, 0.3) is 0 Å². The number of carbonyl (C=O) groups is 3. The molecule has 1 aliphatic carbocycles. The maximum Gasteiger partial charge on any atom is 0.247 e. The SMILES string of the molecule is CC[C@@](C)(C(=O)NC1CCCCC1)N(C)C(=O)[C@@H]1N2C(=O)C[C@@H]2S(=O)(=O)C1(C)C. The van der Waals surface area contributed by atoms with E-state index in [0.29, 0.717) is 6.42 Å². The van der Waals surface area contributed by atoms with Crippen molar-refractivity contribution in [3.8, 4) is 0 Å². The Hall–Kier alpha value is -1.64. The topological polar surface area (TPSA) is 104 Å². The van der Waals surface area contributed by atoms with Crippen molar-refractivity contribution in [1.29, 1.82) is 0 Å². The lowest BCUT2D eigenvalue weighted by molar-refractivity contribution is -0.158. The van der Waals surface area contributed by atoms with Gasteiger partial charge in [-0.05, 0) is 40.0 Å². The minimum absolute atomic E-state index is 0.0769. The second-order valence-electron chi connectivity index (χ2n) is 9.34. The van der Waals surface area contributed by atoms with Gasteiger partial charge in [0.1, 0.15) is 17.0 Å². The fourth-order valence-electron chi connectivity index (χ4n) is 4.79. The lowest BCUT2D eigenvalue weighted by Gasteiger charge is -2.43. The molecule has 8 nitrogen and oxygen atoms in total. The Morgan fingerprint density at radius 1 is 1.24 bits per heavy atom. The summed E-state index contributed by atoms with van der Waals surface area (Å²) in [6.45, 7) is 6.53. The van der Waals surface area contributed by atoms with Crippen LogP contribution in [-0.2, 0) is 24.2 Å². The minimum Gasteiger partial charge on any atom is -0.351 e. The number of hydrogen-bond acceptors (Lipinski definition) is 5. The van der Waals surface area contributed by atoms with Crippen molar-refractivity contribution in [3.63, 3.8) is 0 Å². The summed E-state index contributed by atoms with van der Waals surface area (Å²) in [5.41, 5.74) is -1.12. The van der Waals surface area contributed by atoms with E-state index in [0.717, 1.165) is 25.7 Å². The first-order valence-electron chi connectivity index (χ1n) is 10.5. The summed E-state index contributed by atoms with van der Waals surface area (Å²) in [7, 11) is -2.13. The average Bonchev–Trinajstić information content (AvgIpc) is 2.80. The maximum atomic E-state index is 13.5. The van der Waals surface area contributed by atoms with Gasteiger partial charge < -0.3 is 15.1 Å². The number of amides is 3. The van der Waals surface area contributed by atoms with E-state index < -0.39 is 37.4 Å². The molecule has 9 heteroatoms. The van der Waals surface area contributed by atoms with Crippen LogP contribution in [0.25, 0.3) is 0 Å². The van der Waals surface area contributed by atoms with E-state index in [9.17, 15) is 22.8 Å². The molecular formula is C20H33N3O5S. The van der Waals surface area contributed by atoms with Crippen molar-refractivity contribution >= 4 is 27.6 Å². The summed E-state index contributed by atoms with van der Waals surface area (Å²) in [6.07, 6.45) is 5.50. The number of likely N-dealkylation sites (N-methyl/N-ethyl adjacent to an activating group) is 1. The van der Waals surface area contributed by atoms with Crippen molar-refractivity contribution in [3.05, 3.63) is 0 Å². The highest BCUT2D eigenvalue weighted by atomic mass is 32.2. The Morgan fingerprint density at radius 2 is 1.83 bits per heavy atom. The molecule has 2 heterocycles. The molecule has 0 aromatic heterocycles. The van der Waals surface area contributed by atoms with Gasteiger partial charge in [-0.25, -0.2) is 8.42 Å². The van der Waals surface area contributed by atoms with Crippen LogP contribution >= 0.6 is 0 Å². The zero-order valence-electron chi connectivity index (χ0n) is 18.0. The Morgan fingerprint density at radius 3 is 2.34 bits per heavy atom. The monoisotopic (exact) mass is 427 g/mol. The molecule has 1 saturated carbocycles. The highest BCUT2D eigenvalue weighted by Gasteiger charge is 2.68. The van der Waals surface area contributed by atoms with Crippen LogP contribution in [0.2, 0.25) is 0 Å². The fourth-order valence-corrected chi connectivity index (χ4v) is 6.92. The Balaban J connectivity index is 1.85. The molecule has 1 N–H and O–H groups in total. The second kappa shape index (κ2) is 7.25. The molecule has 3 amide bonds. The van der Waals surface area contributed by atoms with E-state index in [-0.39, 0.29) is 24.3 Å². The lowest BCUT2D eigenvalue weighted by Crippen LogP contribution is -2.65. The molecule has 3 aliphatic rings. The van der Waals surface area contributed by atoms with Crippen LogP contribution in [0, 0.1) is 0 Å². The van der Waals surface area contributed by atoms with Crippen LogP contribution in [0.3, 0.4) is 0 Å². The van der Waals surface area contributed by atoms with E-state index in [1.54, 1.807) is 6.92 Å². The number of nitrogens with one attached hydrogen (secondary N) is 1. The Labute approximate surface area is 173 Å². The first kappa shape index (κ1) is 22.1. The van der Waals surface area contributed by atoms with E-state index >= 15 is 0 Å². The van der Waals surface area contributed by atoms with Crippen molar-refractivity contribution < 1.29 is 22.8 Å². The third kappa shape index (κ3) is 3.16. The molecule has 2 saturated heterocycles. The minimum atomic E-state index is -3.66. The standard InChI is InChI=1S/C20H33N3O5S/c1-6-20(4,18(26)21-13-10-8-7-9-11-13)22(5)17(25)16-19(2,3)29(27,28)15-12-14(24)23(15)16/h13,15-16H,6-12H2,1-5H3,(H,21,26)/t15-,16-,20-/m0/s1. The van der Waals surface area contributed by atoms with Gasteiger partial charge in [-0.15, -0.1) is 0 Å². The lowest BCUT2D eigenvalue weighted by atomic mass is 9.89. The molecule has 0 aromatic carbocycles. The summed E-state index contributed by atoms with van der Waals surface area (Å²) in [5, 5.41) is 2.15. The predicted octanol–water partition coefficient (Wildman–Crippen LogP) is 1.20. The highest BCUT2D eigenvalue weighted by Crippen LogP contribution is 2.46. The smallest absolute Gasteiger partial charge is 0.247 e. The van der Waals surface area contributed by atoms with Gasteiger partial charge >= 0.3 is 0 Å². The number of hydrogen-bond donors (Lipinski definition) is 1. The normalized spacial score (nSPS) is 30.1. The molecule has 3 atom stereocenters. The zero-order valence-corrected chi connectivity index (χ0v) is 18.8. The first-order chi connectivity index (χ1) is 13.4. The van der Waals surface area contributed by atoms with Gasteiger partial charge in [0.2, 0.25) is 17.7 Å². The van der Waals surface area contributed by atoms with Gasteiger partial charge in [-0.2, -0.15) is 0 Å². The summed E-state index contributed by atoms with van der Waals surface area (Å²) >= 11 is 0. The average molecular weight is 428 g/mol. The third-order valence-electron chi connectivity index (χ3n) is 7.40. The van der Waals surface area contributed by atoms with Crippen LogP contribution in [-0.4, -0.2) is 70.7 Å². The van der Waals surface area contributed by atoms with Crippen LogP contribution in [0.15, 0.2) is 0 Å². The molecule has 0 unspecified atom stereocenters. The summed E-state index contributed by atoms with van der Waals surface area (Å²) in [4.78, 5) is 41.3. The molecule has 0 spiro atoms. The van der Waals surface area contributed by atoms with E-state index in [4.69, 9.17) is 0 Å². The number of rotatable bonds is 5. The van der Waals surface area contributed by atoms with Gasteiger partial charge in [-0.3, -0.25) is 14.4 Å². The van der Waals surface area contributed by atoms with Crippen molar-refractivity contribution in [2.45, 2.75) is 100 Å². The largest absolute Gasteiger partial charge is 0.351 e. The third-order valence-corrected chi connectivity index (χ3v) is 10.2. The molecule has 3 fully saturated rings. The number of β-lactam (4-membered cyclic amide) rings is 1. The van der Waals surface area contributed by atoms with Crippen molar-refractivity contribution in [2.24, 2.45) is 0 Å². The molecule has 2 aliphatic heterocycles. The number of carbonyl (C=O) groups excluding carboxylic acids is 3. The molecule has 3 rings (SSSR count). The number of nitrogens with zero attached hydrogens (tertiary/aromatic N) is 2. The zero-order chi connectivity index (χ0) is 21.8. The van der Waals surface area contributed by atoms with E-state index in [1.807, 2.05) is 6.92 Å². The van der Waals surface area contributed by atoms with Crippen molar-refractivity contribution in [1.82, 2.24) is 15.1 Å². The predicted molar refractivity (Wildman–Crippen MR) is 109 cm³/mol. The summed E-state index contributed by atoms with van der Waals surface area (Å²) in [5.74, 6) is -1.06. The van der Waals surface area contributed by atoms with Crippen LogP contribution in [0.1, 0.15) is 72.6 Å².